The van der Waals surface area contributed by atoms with Gasteiger partial charge < -0.3 is 35.1 Å². The van der Waals surface area contributed by atoms with Crippen LogP contribution in [0.1, 0.15) is 125 Å². The lowest BCUT2D eigenvalue weighted by Gasteiger charge is -2.63. The summed E-state index contributed by atoms with van der Waals surface area (Å²) in [6.07, 6.45) is 14.9. The Labute approximate surface area is 430 Å². The van der Waals surface area contributed by atoms with Gasteiger partial charge >= 0.3 is 0 Å². The first-order chi connectivity index (χ1) is 35.3. The monoisotopic (exact) mass is 987 g/mol. The number of hydrogen-bond acceptors (Lipinski definition) is 10. The first-order valence-corrected chi connectivity index (χ1v) is 26.5. The van der Waals surface area contributed by atoms with Gasteiger partial charge in [0.2, 0.25) is 11.6 Å². The zero-order valence-corrected chi connectivity index (χ0v) is 43.5. The number of nitriles is 1. The largest absolute Gasteiger partial charge is 0.495 e. The molecule has 2 saturated carbocycles. The van der Waals surface area contributed by atoms with Gasteiger partial charge in [-0.15, -0.1) is 4.68 Å². The van der Waals surface area contributed by atoms with Gasteiger partial charge in [0.1, 0.15) is 29.4 Å². The van der Waals surface area contributed by atoms with E-state index in [1.165, 1.54) is 36.9 Å². The number of carbonyl (C=O) groups excluding carboxylic acids is 2. The number of benzene rings is 3. The Morgan fingerprint density at radius 2 is 1.67 bits per heavy atom. The topological polar surface area (TPSA) is 175 Å². The van der Waals surface area contributed by atoms with Crippen LogP contribution in [0.15, 0.2) is 84.1 Å². The highest BCUT2D eigenvalue weighted by Crippen LogP contribution is 2.56. The summed E-state index contributed by atoms with van der Waals surface area (Å²) in [6, 6.07) is 24.5. The second-order valence-electron chi connectivity index (χ2n) is 22.3. The Morgan fingerprint density at radius 3 is 2.36 bits per heavy atom. The zero-order chi connectivity index (χ0) is 51.0. The number of aliphatic imine (C=N–C) groups is 1. The van der Waals surface area contributed by atoms with Crippen LogP contribution in [0.5, 0.6) is 11.5 Å². The van der Waals surface area contributed by atoms with E-state index in [1.807, 2.05) is 29.4 Å². The van der Waals surface area contributed by atoms with Crippen LogP contribution in [0.2, 0.25) is 0 Å². The summed E-state index contributed by atoms with van der Waals surface area (Å²) in [4.78, 5) is 40.7. The highest BCUT2D eigenvalue weighted by atomic mass is 16.5. The molecular weight excluding hydrogens is 915 g/mol. The number of amides is 2. The molecule has 5 aliphatic rings. The van der Waals surface area contributed by atoms with E-state index in [0.717, 1.165) is 104 Å². The molecule has 5 aromatic rings. The van der Waals surface area contributed by atoms with Gasteiger partial charge in [-0.2, -0.15) is 10.4 Å². The number of hydrogen-bond donors (Lipinski definition) is 3. The number of pyridine rings is 1. The fourth-order valence-electron chi connectivity index (χ4n) is 13.3. The molecule has 0 bridgehead atoms. The maximum atomic E-state index is 13.7. The van der Waals surface area contributed by atoms with E-state index in [1.54, 1.807) is 38.4 Å². The highest BCUT2D eigenvalue weighted by molar-refractivity contribution is 6.10. The molecule has 0 atom stereocenters. The summed E-state index contributed by atoms with van der Waals surface area (Å²) < 4.78 is 20.0. The number of aromatic nitrogens is 3. The summed E-state index contributed by atoms with van der Waals surface area (Å²) in [5.41, 5.74) is 14.1. The van der Waals surface area contributed by atoms with Crippen LogP contribution < -0.4 is 30.1 Å². The number of H-pyrrole nitrogens is 1. The minimum atomic E-state index is -0.338. The number of nitrogens with two attached hydrogens (primary N) is 1. The molecule has 0 spiro atoms. The molecule has 2 aliphatic carbocycles. The normalized spacial score (nSPS) is 23.4. The molecule has 3 aliphatic heterocycles. The van der Waals surface area contributed by atoms with Crippen LogP contribution in [0, 0.1) is 34.0 Å². The van der Waals surface area contributed by atoms with Gasteiger partial charge in [0.25, 0.3) is 5.91 Å². The minimum absolute atomic E-state index is 0.0834. The van der Waals surface area contributed by atoms with Crippen molar-refractivity contribution in [1.82, 2.24) is 20.3 Å². The van der Waals surface area contributed by atoms with Crippen molar-refractivity contribution in [2.75, 3.05) is 44.9 Å². The lowest BCUT2D eigenvalue weighted by Crippen LogP contribution is -2.74. The van der Waals surface area contributed by atoms with Crippen LogP contribution >= 0.6 is 0 Å². The molecule has 14 heteroatoms. The lowest BCUT2D eigenvalue weighted by atomic mass is 9.49. The van der Waals surface area contributed by atoms with Gasteiger partial charge in [-0.1, -0.05) is 45.9 Å². The highest BCUT2D eigenvalue weighted by Gasteiger charge is 2.64. The van der Waals surface area contributed by atoms with Crippen LogP contribution in [0.25, 0.3) is 27.6 Å². The van der Waals surface area contributed by atoms with Crippen LogP contribution in [-0.2, 0) is 22.5 Å². The fraction of sp³-hybridized carbons (Fsp3) is 0.492. The molecule has 4 fully saturated rings. The Morgan fingerprint density at radius 1 is 0.945 bits per heavy atom. The fourth-order valence-corrected chi connectivity index (χ4v) is 13.3. The maximum Gasteiger partial charge on any atom is 0.251 e. The number of nitrogens with one attached hydrogen (secondary N) is 2. The summed E-state index contributed by atoms with van der Waals surface area (Å²) in [6.45, 7) is 15.0. The molecule has 2 aromatic heterocycles. The number of rotatable bonds is 12. The van der Waals surface area contributed by atoms with Crippen molar-refractivity contribution < 1.29 is 28.5 Å². The summed E-state index contributed by atoms with van der Waals surface area (Å²) in [7, 11) is 1.55. The van der Waals surface area contributed by atoms with Crippen molar-refractivity contribution in [3.05, 3.63) is 107 Å². The number of anilines is 1. The van der Waals surface area contributed by atoms with Crippen LogP contribution in [0.3, 0.4) is 0 Å². The molecular formula is C59H72N9O5+. The Hall–Kier alpha value is -6.72. The van der Waals surface area contributed by atoms with Crippen molar-refractivity contribution >= 4 is 40.1 Å². The molecule has 2 saturated heterocycles. The van der Waals surface area contributed by atoms with E-state index < -0.39 is 0 Å². The second-order valence-corrected chi connectivity index (χ2v) is 22.3. The van der Waals surface area contributed by atoms with E-state index in [0.29, 0.717) is 47.0 Å². The number of carbonyl (C=O) groups is 2. The van der Waals surface area contributed by atoms with Gasteiger partial charge in [-0.25, -0.2) is 0 Å². The van der Waals surface area contributed by atoms with Gasteiger partial charge in [0.05, 0.1) is 50.1 Å². The van der Waals surface area contributed by atoms with Crippen molar-refractivity contribution in [3.8, 4) is 28.8 Å². The first kappa shape index (κ1) is 49.8. The standard InChI is InChI=1S/C59H71N9O5/c1-37(69)67-27-22-52-50(36-67)54(65-68(52)46-23-28-72-29-24-46)48-9-7-8-41-30-51(63-35-49(41)48)43(33-61)34-62-44-15-10-38(11-16-44)39-20-25-66(26-21-39)45-17-12-40(13-18-45)55(70)64-56-58(2,3)57(59(56,4)5)73-47-19-14-42(32-60)53(31-47)71-6/h7-9,12-14,17-19,30-31,33-35,38-39,44,46,56-57H,10-11,15-16,20-29,36H2,1-6H3,(H3,61,62,63,64,70)/p+1. The number of fused-ring (bicyclic) bond motifs is 2. The number of methoxy groups -OCH3 is 1. The predicted molar refractivity (Wildman–Crippen MR) is 284 cm³/mol. The second kappa shape index (κ2) is 20.7. The molecule has 4 N–H and O–H groups in total. The third-order valence-electron chi connectivity index (χ3n) is 17.2. The number of ether oxygens (including phenoxy) is 3. The Bertz CT molecular complexity index is 2930. The summed E-state index contributed by atoms with van der Waals surface area (Å²) >= 11 is 0. The third kappa shape index (κ3) is 9.80. The predicted octanol–water partition coefficient (Wildman–Crippen LogP) is 9.11. The summed E-state index contributed by atoms with van der Waals surface area (Å²) in [5, 5.41) is 18.7. The molecule has 0 unspecified atom stereocenters. The quantitative estimate of drug-likeness (QED) is 0.0814. The lowest BCUT2D eigenvalue weighted by molar-refractivity contribution is -0.782. The van der Waals surface area contributed by atoms with Gasteiger partial charge in [0.15, 0.2) is 6.04 Å². The average molecular weight is 987 g/mol. The van der Waals surface area contributed by atoms with Gasteiger partial charge in [-0.3, -0.25) is 19.6 Å². The van der Waals surface area contributed by atoms with Crippen LogP contribution in [0.4, 0.5) is 5.69 Å². The van der Waals surface area contributed by atoms with E-state index in [4.69, 9.17) is 29.9 Å². The number of allylic oxidation sites excluding steroid dienone is 1. The maximum absolute atomic E-state index is 13.7. The number of piperidine rings is 1. The number of aromatic amines is 1. The van der Waals surface area contributed by atoms with Crippen molar-refractivity contribution in [3.63, 3.8) is 0 Å². The molecule has 3 aromatic carbocycles. The Kier molecular flexibility index (Phi) is 14.1. The van der Waals surface area contributed by atoms with Crippen molar-refractivity contribution in [2.24, 2.45) is 33.4 Å². The molecule has 0 radical (unpaired) electrons. The average Bonchev–Trinajstić information content (AvgIpc) is 3.80. The van der Waals surface area contributed by atoms with E-state index in [-0.39, 0.29) is 40.8 Å². The van der Waals surface area contributed by atoms with Gasteiger partial charge in [-0.05, 0) is 98.2 Å². The first-order valence-electron chi connectivity index (χ1n) is 26.5. The smallest absolute Gasteiger partial charge is 0.251 e. The van der Waals surface area contributed by atoms with E-state index in [2.05, 4.69) is 90.2 Å². The Balaban J connectivity index is 0.712. The molecule has 10 rings (SSSR count). The van der Waals surface area contributed by atoms with E-state index >= 15 is 0 Å². The SMILES string of the molecule is COc1cc(OC2C(C)(C)C(NC(=O)c3ccc(N4CCC(C5CCC(N=C/C(=C\N)c6cc7cccc(-c8[nH][n+](C9CCOCC9)c9c8CN(C(C)=O)CC9)c7cn6)CC5)CC4)cc3)C2(C)C)ccc1C#N. The van der Waals surface area contributed by atoms with Crippen LogP contribution in [-0.4, -0.2) is 91.2 Å². The molecule has 5 heterocycles. The molecule has 73 heavy (non-hydrogen) atoms. The molecule has 2 amide bonds. The van der Waals surface area contributed by atoms with Crippen molar-refractivity contribution in [2.45, 2.75) is 123 Å². The summed E-state index contributed by atoms with van der Waals surface area (Å²) in [5.74, 6) is 2.55. The molecule has 14 nitrogen and oxygen atoms in total. The third-order valence-corrected chi connectivity index (χ3v) is 17.2. The zero-order valence-electron chi connectivity index (χ0n) is 43.5. The van der Waals surface area contributed by atoms with Gasteiger partial charge in [0, 0.05) is 115 Å². The number of nitrogens with zero attached hydrogens (tertiary/aromatic N) is 6. The minimum Gasteiger partial charge on any atom is -0.495 e. The molecule has 382 valence electrons. The van der Waals surface area contributed by atoms with E-state index in [9.17, 15) is 14.9 Å². The van der Waals surface area contributed by atoms with Crippen molar-refractivity contribution in [1.29, 1.82) is 5.26 Å².